The van der Waals surface area contributed by atoms with Crippen LogP contribution in [0.4, 0.5) is 5.69 Å². The van der Waals surface area contributed by atoms with Gasteiger partial charge in [-0.1, -0.05) is 38.1 Å². The number of piperazine rings is 1. The van der Waals surface area contributed by atoms with Gasteiger partial charge in [-0.3, -0.25) is 0 Å². The molecule has 1 N–H and O–H groups in total. The second-order valence-electron chi connectivity index (χ2n) is 8.58. The minimum absolute atomic E-state index is 0.239. The normalized spacial score (nSPS) is 15.7. The van der Waals surface area contributed by atoms with Crippen LogP contribution < -0.4 is 19.3 Å². The average Bonchev–Trinajstić information content (AvgIpc) is 3.27. The molecule has 0 amide bonds. The van der Waals surface area contributed by atoms with Gasteiger partial charge in [0.1, 0.15) is 11.5 Å². The third-order valence-electron chi connectivity index (χ3n) is 6.27. The second-order valence-corrected chi connectivity index (χ2v) is 8.58. The third-order valence-corrected chi connectivity index (χ3v) is 6.27. The minimum atomic E-state index is 0.239. The molecule has 0 unspecified atom stereocenters. The maximum atomic E-state index is 5.57. The first-order valence-corrected chi connectivity index (χ1v) is 11.2. The fourth-order valence-electron chi connectivity index (χ4n) is 4.64. The van der Waals surface area contributed by atoms with Crippen LogP contribution in [-0.4, -0.2) is 60.6 Å². The van der Waals surface area contributed by atoms with Crippen molar-refractivity contribution in [2.45, 2.75) is 26.4 Å². The van der Waals surface area contributed by atoms with Crippen LogP contribution in [0.1, 0.15) is 31.3 Å². The number of tetrazole rings is 1. The van der Waals surface area contributed by atoms with Gasteiger partial charge in [-0.25, -0.2) is 4.68 Å². The number of quaternary nitrogens is 1. The van der Waals surface area contributed by atoms with Crippen molar-refractivity contribution in [3.8, 4) is 11.5 Å². The van der Waals surface area contributed by atoms with E-state index in [0.717, 1.165) is 49.1 Å². The predicted molar refractivity (Wildman–Crippen MR) is 123 cm³/mol. The Labute approximate surface area is 189 Å². The summed E-state index contributed by atoms with van der Waals surface area (Å²) < 4.78 is 12.8. The quantitative estimate of drug-likeness (QED) is 0.580. The number of para-hydroxylation sites is 2. The number of hydrogen-bond acceptors (Lipinski definition) is 6. The number of methoxy groups -OCH3 is 2. The number of rotatable bonds is 8. The van der Waals surface area contributed by atoms with Gasteiger partial charge in [0.2, 0.25) is 5.82 Å². The summed E-state index contributed by atoms with van der Waals surface area (Å²) in [6.45, 7) is 9.16. The molecule has 0 spiro atoms. The lowest BCUT2D eigenvalue weighted by Gasteiger charge is -2.38. The first-order valence-electron chi connectivity index (χ1n) is 11.2. The van der Waals surface area contributed by atoms with E-state index in [1.807, 2.05) is 28.9 Å². The summed E-state index contributed by atoms with van der Waals surface area (Å²) in [6.07, 6.45) is 0. The Morgan fingerprint density at radius 1 is 0.969 bits per heavy atom. The van der Waals surface area contributed by atoms with E-state index in [1.54, 1.807) is 14.2 Å². The van der Waals surface area contributed by atoms with Crippen molar-refractivity contribution in [2.24, 2.45) is 5.92 Å². The molecule has 32 heavy (non-hydrogen) atoms. The minimum Gasteiger partial charge on any atom is -0.497 e. The molecule has 1 aromatic heterocycles. The van der Waals surface area contributed by atoms with Crippen LogP contribution in [0.2, 0.25) is 0 Å². The lowest BCUT2D eigenvalue weighted by Crippen LogP contribution is -3.15. The van der Waals surface area contributed by atoms with Crippen molar-refractivity contribution in [1.82, 2.24) is 20.2 Å². The van der Waals surface area contributed by atoms with Crippen molar-refractivity contribution >= 4 is 5.69 Å². The van der Waals surface area contributed by atoms with E-state index in [4.69, 9.17) is 9.47 Å². The van der Waals surface area contributed by atoms with Crippen LogP contribution in [-0.2, 0) is 6.54 Å². The highest BCUT2D eigenvalue weighted by Crippen LogP contribution is 2.27. The molecule has 8 heteroatoms. The Morgan fingerprint density at radius 2 is 1.69 bits per heavy atom. The Morgan fingerprint density at radius 3 is 2.34 bits per heavy atom. The van der Waals surface area contributed by atoms with Crippen molar-refractivity contribution in [3.05, 3.63) is 59.9 Å². The largest absolute Gasteiger partial charge is 0.497 e. The first kappa shape index (κ1) is 22.1. The number of ether oxygens (including phenoxy) is 2. The van der Waals surface area contributed by atoms with Gasteiger partial charge >= 0.3 is 0 Å². The van der Waals surface area contributed by atoms with Crippen molar-refractivity contribution in [2.75, 3.05) is 45.3 Å². The smallest absolute Gasteiger partial charge is 0.209 e. The van der Waals surface area contributed by atoms with E-state index < -0.39 is 0 Å². The highest BCUT2D eigenvalue weighted by atomic mass is 16.5. The van der Waals surface area contributed by atoms with Crippen LogP contribution in [0.25, 0.3) is 0 Å². The van der Waals surface area contributed by atoms with Gasteiger partial charge in [0.05, 0.1) is 52.6 Å². The molecule has 8 nitrogen and oxygen atoms in total. The number of nitrogens with zero attached hydrogens (tertiary/aromatic N) is 5. The molecule has 1 fully saturated rings. The number of aromatic nitrogens is 4. The SMILES string of the molecule is COc1ccc(Cn2nnnc2[C@@H](C(C)C)[NH+]2CCN(c3ccccc3OC)CC2)cc1. The molecule has 2 aromatic carbocycles. The fraction of sp³-hybridized carbons (Fsp3) is 0.458. The molecule has 3 aromatic rings. The van der Waals surface area contributed by atoms with Gasteiger partial charge in [0.25, 0.3) is 0 Å². The fourth-order valence-corrected chi connectivity index (χ4v) is 4.64. The number of benzene rings is 2. The van der Waals surface area contributed by atoms with Crippen molar-refractivity contribution in [1.29, 1.82) is 0 Å². The summed E-state index contributed by atoms with van der Waals surface area (Å²) in [5.41, 5.74) is 2.32. The van der Waals surface area contributed by atoms with Crippen molar-refractivity contribution < 1.29 is 14.4 Å². The van der Waals surface area contributed by atoms with Gasteiger partial charge in [0.15, 0.2) is 6.04 Å². The molecular weight excluding hydrogens is 404 g/mol. The highest BCUT2D eigenvalue weighted by molar-refractivity contribution is 5.58. The third kappa shape index (κ3) is 4.70. The second kappa shape index (κ2) is 9.99. The molecule has 2 heterocycles. The Bertz CT molecular complexity index is 996. The van der Waals surface area contributed by atoms with E-state index in [1.165, 1.54) is 10.6 Å². The zero-order valence-electron chi connectivity index (χ0n) is 19.4. The summed E-state index contributed by atoms with van der Waals surface area (Å²) in [4.78, 5) is 3.94. The Kier molecular flexibility index (Phi) is 6.90. The van der Waals surface area contributed by atoms with Gasteiger partial charge in [0, 0.05) is 5.92 Å². The average molecular weight is 438 g/mol. The molecule has 0 aliphatic carbocycles. The van der Waals surface area contributed by atoms with E-state index in [-0.39, 0.29) is 6.04 Å². The van der Waals surface area contributed by atoms with Gasteiger partial charge in [-0.05, 0) is 40.3 Å². The zero-order chi connectivity index (χ0) is 22.5. The molecule has 0 saturated carbocycles. The Balaban J connectivity index is 1.49. The number of hydrogen-bond donors (Lipinski definition) is 1. The lowest BCUT2D eigenvalue weighted by molar-refractivity contribution is -0.937. The van der Waals surface area contributed by atoms with Gasteiger partial charge in [-0.15, -0.1) is 5.10 Å². The zero-order valence-corrected chi connectivity index (χ0v) is 19.4. The summed E-state index contributed by atoms with van der Waals surface area (Å²) >= 11 is 0. The standard InChI is InChI=1S/C24H32N6O2/c1-18(2)23(24-25-26-27-30(24)17-19-9-11-20(31-3)12-10-19)29-15-13-28(14-16-29)21-7-5-6-8-22(21)32-4/h5-12,18,23H,13-17H2,1-4H3/p+1/t23-/m1/s1. The van der Waals surface area contributed by atoms with Crippen LogP contribution in [0.15, 0.2) is 48.5 Å². The van der Waals surface area contributed by atoms with E-state index >= 15 is 0 Å². The highest BCUT2D eigenvalue weighted by Gasteiger charge is 2.35. The lowest BCUT2D eigenvalue weighted by atomic mass is 10.0. The molecule has 4 rings (SSSR count). The van der Waals surface area contributed by atoms with Crippen LogP contribution in [0.5, 0.6) is 11.5 Å². The van der Waals surface area contributed by atoms with Gasteiger partial charge in [-0.2, -0.15) is 0 Å². The predicted octanol–water partition coefficient (Wildman–Crippen LogP) is 1.84. The topological polar surface area (TPSA) is 69.7 Å². The molecule has 0 radical (unpaired) electrons. The van der Waals surface area contributed by atoms with Crippen LogP contribution in [0, 0.1) is 5.92 Å². The molecular formula is C24H33N6O2+. The monoisotopic (exact) mass is 437 g/mol. The maximum absolute atomic E-state index is 5.57. The maximum Gasteiger partial charge on any atom is 0.209 e. The summed E-state index contributed by atoms with van der Waals surface area (Å²) in [7, 11) is 3.41. The number of anilines is 1. The van der Waals surface area contributed by atoms with Crippen molar-refractivity contribution in [3.63, 3.8) is 0 Å². The first-order chi connectivity index (χ1) is 15.6. The van der Waals surface area contributed by atoms with E-state index in [9.17, 15) is 0 Å². The Hall–Kier alpha value is -3.13. The summed E-state index contributed by atoms with van der Waals surface area (Å²) in [5, 5.41) is 12.8. The molecule has 170 valence electrons. The molecule has 1 aliphatic heterocycles. The molecule has 1 saturated heterocycles. The number of nitrogens with one attached hydrogen (secondary N) is 1. The van der Waals surface area contributed by atoms with E-state index in [0.29, 0.717) is 12.5 Å². The van der Waals surface area contributed by atoms with E-state index in [2.05, 4.69) is 58.5 Å². The summed E-state index contributed by atoms with van der Waals surface area (Å²) in [5.74, 6) is 3.16. The van der Waals surface area contributed by atoms with Gasteiger partial charge < -0.3 is 19.3 Å². The molecule has 0 bridgehead atoms. The van der Waals surface area contributed by atoms with Crippen LogP contribution >= 0.6 is 0 Å². The van der Waals surface area contributed by atoms with Crippen LogP contribution in [0.3, 0.4) is 0 Å². The molecule has 1 atom stereocenters. The summed E-state index contributed by atoms with van der Waals surface area (Å²) in [6, 6.07) is 16.6. The molecule has 1 aliphatic rings.